The fourth-order valence-corrected chi connectivity index (χ4v) is 3.95. The van der Waals surface area contributed by atoms with Gasteiger partial charge in [-0.1, -0.05) is 129 Å². The summed E-state index contributed by atoms with van der Waals surface area (Å²) in [4.78, 5) is 2.60. The average molecular weight is 555 g/mol. The lowest BCUT2D eigenvalue weighted by Crippen LogP contribution is -2.04. The van der Waals surface area contributed by atoms with Crippen LogP contribution < -0.4 is 0 Å². The monoisotopic (exact) mass is 555 g/mol. The zero-order valence-electron chi connectivity index (χ0n) is 27.6. The Hall–Kier alpha value is -2.33. The molecule has 6 nitrogen and oxygen atoms in total. The topological polar surface area (TPSA) is 79.5 Å². The van der Waals surface area contributed by atoms with Crippen LogP contribution in [0.2, 0.25) is 0 Å². The summed E-state index contributed by atoms with van der Waals surface area (Å²) in [6.07, 6.45) is 25.9. The van der Waals surface area contributed by atoms with Gasteiger partial charge in [0.15, 0.2) is 0 Å². The molecule has 4 bridgehead atoms. The van der Waals surface area contributed by atoms with E-state index in [0.29, 0.717) is 18.4 Å². The molecule has 228 valence electrons. The fourth-order valence-electron chi connectivity index (χ4n) is 3.95. The molecule has 0 N–H and O–H groups in total. The first-order valence-electron chi connectivity index (χ1n) is 15.9. The molecule has 40 heavy (non-hydrogen) atoms. The van der Waals surface area contributed by atoms with Gasteiger partial charge in [0.25, 0.3) is 0 Å². The van der Waals surface area contributed by atoms with E-state index in [9.17, 15) is 0 Å². The maximum Gasteiger partial charge on any atom is 0.0692 e. The van der Waals surface area contributed by atoms with Gasteiger partial charge in [0, 0.05) is 24.2 Å². The predicted molar refractivity (Wildman–Crippen MR) is 174 cm³/mol. The maximum atomic E-state index is 7.77. The molecule has 1 aromatic heterocycles. The van der Waals surface area contributed by atoms with Crippen LogP contribution in [0, 0.1) is 47.3 Å². The van der Waals surface area contributed by atoms with Crippen molar-refractivity contribution in [1.82, 2.24) is 15.0 Å². The number of nitrogens with zero attached hydrogens (tertiary/aromatic N) is 6. The molecule has 2 unspecified atom stereocenters. The highest BCUT2D eigenvalue weighted by Crippen LogP contribution is 2.38. The lowest BCUT2D eigenvalue weighted by atomic mass is 10.1. The molecular weight excluding hydrogens is 492 g/mol. The van der Waals surface area contributed by atoms with Gasteiger partial charge in [-0.25, -0.2) is 0 Å². The molecule has 0 amide bonds. The van der Waals surface area contributed by atoms with Gasteiger partial charge in [-0.3, -0.25) is 4.68 Å². The van der Waals surface area contributed by atoms with Gasteiger partial charge in [0.2, 0.25) is 0 Å². The molecule has 1 fully saturated rings. The zero-order chi connectivity index (χ0) is 30.3. The molecule has 0 spiro atoms. The SMILES string of the molecule is C1=CC2C=CC1C2.C1=CC2CCC1C2.CC(C)CN=[N+]=[N-].CC(C)Cn1ccnn1.CCC(C)C.CCC(C)C. The molecule has 5 rings (SSSR count). The Morgan fingerprint density at radius 1 is 0.750 bits per heavy atom. The Balaban J connectivity index is 0.000000462. The summed E-state index contributed by atoms with van der Waals surface area (Å²) in [6.45, 7) is 23.2. The largest absolute Gasteiger partial charge is 0.252 e. The van der Waals surface area contributed by atoms with Crippen molar-refractivity contribution in [2.45, 2.75) is 114 Å². The van der Waals surface area contributed by atoms with Crippen molar-refractivity contribution in [3.8, 4) is 0 Å². The van der Waals surface area contributed by atoms with Crippen LogP contribution in [-0.2, 0) is 6.54 Å². The van der Waals surface area contributed by atoms with Crippen LogP contribution in [0.25, 0.3) is 10.4 Å². The number of fused-ring (bicyclic) bond motifs is 4. The van der Waals surface area contributed by atoms with E-state index in [-0.39, 0.29) is 0 Å². The summed E-state index contributed by atoms with van der Waals surface area (Å²) < 4.78 is 1.84. The second-order valence-electron chi connectivity index (χ2n) is 13.0. The van der Waals surface area contributed by atoms with Crippen molar-refractivity contribution in [3.05, 3.63) is 59.3 Å². The van der Waals surface area contributed by atoms with Crippen molar-refractivity contribution in [1.29, 1.82) is 0 Å². The second-order valence-corrected chi connectivity index (χ2v) is 13.0. The van der Waals surface area contributed by atoms with Crippen molar-refractivity contribution < 1.29 is 0 Å². The third-order valence-electron chi connectivity index (χ3n) is 7.09. The van der Waals surface area contributed by atoms with Gasteiger partial charge < -0.3 is 0 Å². The first-order valence-corrected chi connectivity index (χ1v) is 15.9. The molecular formula is C34H62N6. The van der Waals surface area contributed by atoms with Crippen LogP contribution >= 0.6 is 0 Å². The summed E-state index contributed by atoms with van der Waals surface area (Å²) in [5.41, 5.74) is 7.77. The fraction of sp³-hybridized carbons (Fsp3) is 0.765. The Bertz CT molecular complexity index is 793. The van der Waals surface area contributed by atoms with Gasteiger partial charge in [0.05, 0.1) is 6.20 Å². The Labute approximate surface area is 247 Å². The van der Waals surface area contributed by atoms with Gasteiger partial charge in [-0.05, 0) is 78.6 Å². The first-order chi connectivity index (χ1) is 19.0. The molecule has 2 atom stereocenters. The van der Waals surface area contributed by atoms with E-state index in [0.717, 1.165) is 42.1 Å². The number of rotatable bonds is 6. The maximum absolute atomic E-state index is 7.77. The van der Waals surface area contributed by atoms with Gasteiger partial charge in [-0.2, -0.15) is 0 Å². The third kappa shape index (κ3) is 21.5. The van der Waals surface area contributed by atoms with Crippen molar-refractivity contribution in [2.75, 3.05) is 6.54 Å². The van der Waals surface area contributed by atoms with E-state index < -0.39 is 0 Å². The smallest absolute Gasteiger partial charge is 0.0692 e. The van der Waals surface area contributed by atoms with Crippen molar-refractivity contribution >= 4 is 0 Å². The van der Waals surface area contributed by atoms with Crippen LogP contribution in [0.1, 0.15) is 108 Å². The standard InChI is InChI=1S/C7H10.C7H8.C6H11N3.2C5H12.C4H9N3/c2*1-2-7-4-3-6(1)5-7;1-6(2)5-9-4-3-7-8-9;2*1-4-5(2)3;1-4(2)3-6-7-5/h1-2,6-7H,3-5H2;1-4,6-7H,5H2;3-4,6H,5H2,1-2H3;2*5H,4H2,1-3H3;4H,3H2,1-2H3. The van der Waals surface area contributed by atoms with E-state index in [1.165, 1.54) is 38.5 Å². The molecule has 1 aromatic rings. The van der Waals surface area contributed by atoms with Crippen LogP contribution in [-0.4, -0.2) is 21.5 Å². The molecule has 6 heteroatoms. The van der Waals surface area contributed by atoms with Crippen LogP contribution in [0.4, 0.5) is 0 Å². The van der Waals surface area contributed by atoms with Gasteiger partial charge >= 0.3 is 0 Å². The Morgan fingerprint density at radius 3 is 1.40 bits per heavy atom. The quantitative estimate of drug-likeness (QED) is 0.152. The summed E-state index contributed by atoms with van der Waals surface area (Å²) in [7, 11) is 0. The highest BCUT2D eigenvalue weighted by Gasteiger charge is 2.25. The van der Waals surface area contributed by atoms with E-state index in [1.54, 1.807) is 6.20 Å². The molecule has 1 heterocycles. The van der Waals surface area contributed by atoms with Gasteiger partial charge in [-0.15, -0.1) is 5.10 Å². The minimum atomic E-state index is 0.482. The third-order valence-corrected chi connectivity index (χ3v) is 7.09. The van der Waals surface area contributed by atoms with E-state index >= 15 is 0 Å². The molecule has 0 aliphatic heterocycles. The highest BCUT2D eigenvalue weighted by molar-refractivity contribution is 5.21. The summed E-state index contributed by atoms with van der Waals surface area (Å²) in [6, 6.07) is 0. The summed E-state index contributed by atoms with van der Waals surface area (Å²) >= 11 is 0. The Morgan fingerprint density at radius 2 is 1.23 bits per heavy atom. The summed E-state index contributed by atoms with van der Waals surface area (Å²) in [5.74, 6) is 6.50. The predicted octanol–water partition coefficient (Wildman–Crippen LogP) is 10.7. The number of aromatic nitrogens is 3. The number of azide groups is 1. The number of hydrogen-bond donors (Lipinski definition) is 0. The molecule has 4 aliphatic rings. The first kappa shape index (κ1) is 37.7. The van der Waals surface area contributed by atoms with Crippen LogP contribution in [0.3, 0.4) is 0 Å². The normalized spacial score (nSPS) is 21.9. The highest BCUT2D eigenvalue weighted by atomic mass is 15.4. The van der Waals surface area contributed by atoms with Crippen LogP contribution in [0.15, 0.2) is 54.0 Å². The van der Waals surface area contributed by atoms with E-state index in [4.69, 9.17) is 5.53 Å². The molecule has 0 radical (unpaired) electrons. The molecule has 0 aromatic carbocycles. The van der Waals surface area contributed by atoms with E-state index in [2.05, 4.69) is 112 Å². The van der Waals surface area contributed by atoms with Crippen LogP contribution in [0.5, 0.6) is 0 Å². The minimum Gasteiger partial charge on any atom is -0.252 e. The lowest BCUT2D eigenvalue weighted by Gasteiger charge is -2.01. The minimum absolute atomic E-state index is 0.482. The second kappa shape index (κ2) is 23.4. The summed E-state index contributed by atoms with van der Waals surface area (Å²) in [5, 5.41) is 10.9. The van der Waals surface area contributed by atoms with Gasteiger partial charge in [0.1, 0.15) is 0 Å². The lowest BCUT2D eigenvalue weighted by molar-refractivity contribution is 0.472. The van der Waals surface area contributed by atoms with E-state index in [1.807, 2.05) is 24.7 Å². The number of allylic oxidation sites excluding steroid dienone is 6. The molecule has 0 saturated heterocycles. The Kier molecular flexibility index (Phi) is 22.0. The number of hydrogen-bond acceptors (Lipinski definition) is 3. The molecule has 4 aliphatic carbocycles. The molecule has 1 saturated carbocycles. The van der Waals surface area contributed by atoms with Crippen molar-refractivity contribution in [2.24, 2.45) is 52.5 Å². The van der Waals surface area contributed by atoms with Crippen molar-refractivity contribution in [3.63, 3.8) is 0 Å². The average Bonchev–Trinajstić information content (AvgIpc) is 3.77. The zero-order valence-corrected chi connectivity index (χ0v) is 27.6.